The third kappa shape index (κ3) is 6.73. The minimum Gasteiger partial charge on any atom is -0.309 e. The largest absolute Gasteiger partial charge is 0.309 e. The van der Waals surface area contributed by atoms with Crippen molar-refractivity contribution in [1.29, 1.82) is 0 Å². The summed E-state index contributed by atoms with van der Waals surface area (Å²) >= 11 is 0. The Kier molecular flexibility index (Phi) is 9.51. The van der Waals surface area contributed by atoms with Crippen molar-refractivity contribution in [2.75, 3.05) is 4.90 Å². The fourth-order valence-corrected chi connectivity index (χ4v) is 14.4. The van der Waals surface area contributed by atoms with E-state index in [-0.39, 0.29) is 5.41 Å². The average Bonchev–Trinajstić information content (AvgIpc) is 3.63. The zero-order valence-corrected chi connectivity index (χ0v) is 40.2. The lowest BCUT2D eigenvalue weighted by Crippen LogP contribution is -2.48. The van der Waals surface area contributed by atoms with Gasteiger partial charge >= 0.3 is 0 Å². The molecule has 1 nitrogen and oxygen atoms in total. The van der Waals surface area contributed by atoms with Crippen LogP contribution in [0.15, 0.2) is 218 Å². The van der Waals surface area contributed by atoms with Crippen molar-refractivity contribution in [2.24, 2.45) is 17.8 Å². The van der Waals surface area contributed by atoms with Crippen LogP contribution in [0.5, 0.6) is 0 Å². The zero-order valence-electron chi connectivity index (χ0n) is 40.2. The number of hydrogen-bond donors (Lipinski definition) is 0. The van der Waals surface area contributed by atoms with E-state index in [0.717, 1.165) is 34.8 Å². The quantitative estimate of drug-likeness (QED) is 0.147. The summed E-state index contributed by atoms with van der Waals surface area (Å²) < 4.78 is 0. The molecule has 0 aromatic heterocycles. The highest BCUT2D eigenvalue weighted by Gasteiger charge is 2.51. The number of anilines is 3. The molecular weight excluding hydrogens is 843 g/mol. The first-order valence-electron chi connectivity index (χ1n) is 25.8. The third-order valence-electron chi connectivity index (χ3n) is 17.4. The summed E-state index contributed by atoms with van der Waals surface area (Å²) in [5.74, 6) is 2.86. The van der Waals surface area contributed by atoms with Crippen LogP contribution in [0.2, 0.25) is 0 Å². The maximum absolute atomic E-state index is 2.54. The minimum atomic E-state index is -0.156. The van der Waals surface area contributed by atoms with Gasteiger partial charge in [-0.25, -0.2) is 0 Å². The van der Waals surface area contributed by atoms with Crippen LogP contribution < -0.4 is 4.90 Å². The van der Waals surface area contributed by atoms with Gasteiger partial charge in [0, 0.05) is 22.2 Å². The van der Waals surface area contributed by atoms with E-state index in [0.29, 0.717) is 5.41 Å². The predicted molar refractivity (Wildman–Crippen MR) is 295 cm³/mol. The normalized spacial score (nSPS) is 20.4. The van der Waals surface area contributed by atoms with E-state index in [1.165, 1.54) is 127 Å². The number of para-hydroxylation sites is 1. The Morgan fingerprint density at radius 1 is 0.357 bits per heavy atom. The van der Waals surface area contributed by atoms with Gasteiger partial charge in [0.15, 0.2) is 0 Å². The van der Waals surface area contributed by atoms with Crippen LogP contribution in [0.3, 0.4) is 0 Å². The second-order valence-electron chi connectivity index (χ2n) is 21.9. The number of hydrogen-bond acceptors (Lipinski definition) is 1. The molecule has 10 aromatic carbocycles. The van der Waals surface area contributed by atoms with E-state index in [4.69, 9.17) is 0 Å². The van der Waals surface area contributed by atoms with Gasteiger partial charge in [-0.3, -0.25) is 0 Å². The molecule has 0 aliphatic heterocycles. The van der Waals surface area contributed by atoms with Crippen molar-refractivity contribution in [3.63, 3.8) is 0 Å². The maximum atomic E-state index is 2.54. The first kappa shape index (κ1) is 41.5. The molecular formula is C69H57N. The van der Waals surface area contributed by atoms with Gasteiger partial charge in [0.05, 0.1) is 11.4 Å². The molecule has 15 rings (SSSR count). The minimum absolute atomic E-state index is 0.156. The van der Waals surface area contributed by atoms with Crippen LogP contribution in [0, 0.1) is 17.8 Å². The lowest BCUT2D eigenvalue weighted by atomic mass is 9.48. The molecule has 0 unspecified atom stereocenters. The van der Waals surface area contributed by atoms with Gasteiger partial charge in [0.2, 0.25) is 0 Å². The third-order valence-corrected chi connectivity index (χ3v) is 17.4. The maximum Gasteiger partial charge on any atom is 0.0540 e. The Bertz CT molecular complexity index is 3620. The summed E-state index contributed by atoms with van der Waals surface area (Å²) in [7, 11) is 0. The molecule has 10 aromatic rings. The fraction of sp³-hybridized carbons (Fsp3) is 0.188. The van der Waals surface area contributed by atoms with Crippen LogP contribution in [0.4, 0.5) is 17.1 Å². The van der Waals surface area contributed by atoms with Crippen LogP contribution in [-0.4, -0.2) is 0 Å². The number of benzene rings is 10. The van der Waals surface area contributed by atoms with E-state index in [1.54, 1.807) is 5.56 Å². The van der Waals surface area contributed by atoms with E-state index < -0.39 is 0 Å². The summed E-state index contributed by atoms with van der Waals surface area (Å²) in [6.07, 6.45) is 8.66. The summed E-state index contributed by atoms with van der Waals surface area (Å²) in [6, 6.07) is 82.6. The van der Waals surface area contributed by atoms with E-state index in [9.17, 15) is 0 Å². The summed E-state index contributed by atoms with van der Waals surface area (Å²) in [6.45, 7) is 4.77. The molecule has 70 heavy (non-hydrogen) atoms. The number of rotatable bonds is 8. The predicted octanol–water partition coefficient (Wildman–Crippen LogP) is 18.9. The molecule has 0 heterocycles. The molecule has 4 saturated carbocycles. The van der Waals surface area contributed by atoms with Crippen molar-refractivity contribution in [1.82, 2.24) is 0 Å². The summed E-state index contributed by atoms with van der Waals surface area (Å²) in [4.78, 5) is 2.54. The van der Waals surface area contributed by atoms with Gasteiger partial charge < -0.3 is 4.90 Å². The second-order valence-corrected chi connectivity index (χ2v) is 21.9. The topological polar surface area (TPSA) is 3.24 Å². The number of nitrogens with zero attached hydrogens (tertiary/aromatic N) is 1. The highest BCUT2D eigenvalue weighted by molar-refractivity contribution is 6.04. The van der Waals surface area contributed by atoms with Gasteiger partial charge in [-0.05, 0) is 181 Å². The molecule has 338 valence electrons. The lowest BCUT2D eigenvalue weighted by molar-refractivity contribution is -0.00518. The van der Waals surface area contributed by atoms with Crippen LogP contribution in [0.25, 0.3) is 77.2 Å². The monoisotopic (exact) mass is 899 g/mol. The van der Waals surface area contributed by atoms with Crippen molar-refractivity contribution in [3.8, 4) is 55.6 Å². The molecule has 5 aliphatic carbocycles. The zero-order chi connectivity index (χ0) is 46.6. The highest BCUT2D eigenvalue weighted by atomic mass is 15.1. The molecule has 0 atom stereocenters. The lowest BCUT2D eigenvalue weighted by Gasteiger charge is -2.57. The smallest absolute Gasteiger partial charge is 0.0540 e. The van der Waals surface area contributed by atoms with Crippen molar-refractivity contribution < 1.29 is 0 Å². The Balaban J connectivity index is 0.915. The van der Waals surface area contributed by atoms with Crippen LogP contribution >= 0.6 is 0 Å². The van der Waals surface area contributed by atoms with Crippen molar-refractivity contribution >= 4 is 38.6 Å². The standard InChI is InChI=1S/C69H57N/c1-68(2)64-20-9-7-18-61(64)62-34-33-57(41-65(62)68)70(66-21-10-8-17-59(66)55-27-26-48-12-3-4-14-53(48)39-55)67-35-30-54(40-63(67)60-19-11-15-52-13-5-6-16-58(52)60)51-24-22-49(23-25-51)50-28-31-56(32-29-50)69-42-45-36-46(43-69)38-47(37-45)44-69/h3-35,39-41,45-47H,36-38,42-44H2,1-2H3. The van der Waals surface area contributed by atoms with Gasteiger partial charge in [0.1, 0.15) is 0 Å². The molecule has 0 saturated heterocycles. The SMILES string of the molecule is CC1(C)c2ccccc2-c2ccc(N(c3ccccc3-c3ccc4ccccc4c3)c3ccc(-c4ccc(-c5ccc(C67CC8CC(CC(C8)C6)C7)cc5)cc4)cc3-c3cccc4ccccc34)cc21. The molecule has 0 spiro atoms. The number of fused-ring (bicyclic) bond motifs is 5. The highest BCUT2D eigenvalue weighted by Crippen LogP contribution is 2.61. The molecule has 4 fully saturated rings. The fourth-order valence-electron chi connectivity index (χ4n) is 14.4. The average molecular weight is 900 g/mol. The second kappa shape index (κ2) is 16.0. The molecule has 0 radical (unpaired) electrons. The summed E-state index contributed by atoms with van der Waals surface area (Å²) in [5, 5.41) is 4.95. The Labute approximate surface area is 413 Å². The van der Waals surface area contributed by atoms with Gasteiger partial charge in [-0.2, -0.15) is 0 Å². The van der Waals surface area contributed by atoms with E-state index in [1.807, 2.05) is 0 Å². The Hall–Kier alpha value is -7.48. The van der Waals surface area contributed by atoms with Gasteiger partial charge in [-0.1, -0.05) is 196 Å². The Morgan fingerprint density at radius 2 is 0.900 bits per heavy atom. The molecule has 0 N–H and O–H groups in total. The molecule has 1 heteroatoms. The van der Waals surface area contributed by atoms with E-state index in [2.05, 4.69) is 237 Å². The first-order chi connectivity index (χ1) is 34.3. The first-order valence-corrected chi connectivity index (χ1v) is 25.8. The van der Waals surface area contributed by atoms with Crippen LogP contribution in [0.1, 0.15) is 69.1 Å². The molecule has 4 bridgehead atoms. The summed E-state index contributed by atoms with van der Waals surface area (Å²) in [5.41, 5.74) is 20.4. The van der Waals surface area contributed by atoms with Gasteiger partial charge in [0.25, 0.3) is 0 Å². The molecule has 5 aliphatic rings. The van der Waals surface area contributed by atoms with E-state index >= 15 is 0 Å². The van der Waals surface area contributed by atoms with Crippen LogP contribution in [-0.2, 0) is 10.8 Å². The molecule has 0 amide bonds. The van der Waals surface area contributed by atoms with Gasteiger partial charge in [-0.15, -0.1) is 0 Å². The van der Waals surface area contributed by atoms with Crippen molar-refractivity contribution in [2.45, 2.75) is 63.2 Å². The van der Waals surface area contributed by atoms with Crippen molar-refractivity contribution in [3.05, 3.63) is 235 Å². The Morgan fingerprint density at radius 3 is 1.66 bits per heavy atom.